The molecular formula is C46H61N9O26S2. The predicted molar refractivity (Wildman–Crippen MR) is 274 cm³/mol. The number of carboxylic acids is 4. The van der Waals surface area contributed by atoms with Crippen molar-refractivity contribution in [3.63, 3.8) is 0 Å². The van der Waals surface area contributed by atoms with E-state index in [-0.39, 0.29) is 30.5 Å². The van der Waals surface area contributed by atoms with Crippen LogP contribution in [0.4, 0.5) is 0 Å². The third-order valence-corrected chi connectivity index (χ3v) is 12.7. The number of carboxylic acid groups (broad SMARTS) is 4. The summed E-state index contributed by atoms with van der Waals surface area (Å²) < 4.78 is 72.4. The van der Waals surface area contributed by atoms with Crippen LogP contribution in [0.3, 0.4) is 0 Å². The second-order valence-electron chi connectivity index (χ2n) is 18.3. The lowest BCUT2D eigenvalue weighted by Gasteiger charge is -2.31. The number of benzene rings is 2. The van der Waals surface area contributed by atoms with Gasteiger partial charge in [0.1, 0.15) is 65.9 Å². The number of aliphatic hydroxyl groups is 2. The van der Waals surface area contributed by atoms with Gasteiger partial charge in [-0.1, -0.05) is 24.3 Å². The summed E-state index contributed by atoms with van der Waals surface area (Å²) in [5.74, 6) is -17.1. The highest BCUT2D eigenvalue weighted by atomic mass is 32.3. The van der Waals surface area contributed by atoms with E-state index in [0.717, 1.165) is 48.2 Å². The van der Waals surface area contributed by atoms with Gasteiger partial charge in [0.15, 0.2) is 0 Å². The van der Waals surface area contributed by atoms with E-state index in [2.05, 4.69) is 40.3 Å². The summed E-state index contributed by atoms with van der Waals surface area (Å²) in [7, 11) is -10.1. The molecule has 1 heterocycles. The van der Waals surface area contributed by atoms with E-state index in [0.29, 0.717) is 0 Å². The average molecular weight is 1220 g/mol. The Morgan fingerprint density at radius 3 is 1.41 bits per heavy atom. The van der Waals surface area contributed by atoms with Crippen LogP contribution in [-0.4, -0.2) is 207 Å². The van der Waals surface area contributed by atoms with Crippen molar-refractivity contribution in [3.05, 3.63) is 59.7 Å². The maximum absolute atomic E-state index is 14.5. The average Bonchev–Trinajstić information content (AvgIpc) is 3.89. The van der Waals surface area contributed by atoms with Gasteiger partial charge in [-0.2, -0.15) is 16.8 Å². The molecule has 2 aromatic rings. The Morgan fingerprint density at radius 2 is 0.976 bits per heavy atom. The first-order valence-corrected chi connectivity index (χ1v) is 27.2. The zero-order valence-corrected chi connectivity index (χ0v) is 45.2. The summed E-state index contributed by atoms with van der Waals surface area (Å²) in [4.78, 5) is 158. The number of nitrogens with zero attached hydrogens (tertiary/aromatic N) is 1. The Balaban J connectivity index is 2.09. The molecule has 35 nitrogen and oxygen atoms in total. The van der Waals surface area contributed by atoms with Crippen LogP contribution < -0.4 is 51.3 Å². The molecular weight excluding hydrogens is 1160 g/mol. The molecule has 1 saturated heterocycles. The van der Waals surface area contributed by atoms with E-state index >= 15 is 0 Å². The first-order valence-electron chi connectivity index (χ1n) is 24.5. The molecule has 8 amide bonds. The molecule has 1 aliphatic heterocycles. The maximum atomic E-state index is 14.5. The number of nitrogens with two attached hydrogens (primary N) is 1. The van der Waals surface area contributed by atoms with Crippen LogP contribution in [0, 0.1) is 0 Å². The third kappa shape index (κ3) is 23.8. The van der Waals surface area contributed by atoms with Crippen molar-refractivity contribution >= 4 is 91.9 Å². The normalized spacial score (nSPS) is 16.1. The Kier molecular flexibility index (Phi) is 26.1. The van der Waals surface area contributed by atoms with Crippen molar-refractivity contribution in [2.24, 2.45) is 5.73 Å². The fourth-order valence-electron chi connectivity index (χ4n) is 7.75. The van der Waals surface area contributed by atoms with Gasteiger partial charge in [0.25, 0.3) is 0 Å². The number of rotatable bonds is 34. The molecule has 0 aromatic heterocycles. The summed E-state index contributed by atoms with van der Waals surface area (Å²) in [6, 6.07) is -7.47. The van der Waals surface area contributed by atoms with E-state index in [4.69, 9.17) is 14.8 Å². The van der Waals surface area contributed by atoms with Crippen LogP contribution >= 0.6 is 0 Å². The van der Waals surface area contributed by atoms with Crippen LogP contribution in [-0.2, 0) is 91.2 Å². The molecule has 0 saturated carbocycles. The molecule has 0 spiro atoms. The van der Waals surface area contributed by atoms with Crippen molar-refractivity contribution in [2.45, 2.75) is 119 Å². The minimum Gasteiger partial charge on any atom is -0.481 e. The predicted octanol–water partition coefficient (Wildman–Crippen LogP) is -6.16. The second-order valence-corrected chi connectivity index (χ2v) is 20.3. The number of likely N-dealkylation sites (tertiary alicyclic amines) is 1. The van der Waals surface area contributed by atoms with E-state index in [1.54, 1.807) is 0 Å². The first kappa shape index (κ1) is 68.7. The van der Waals surface area contributed by atoms with Gasteiger partial charge >= 0.3 is 44.7 Å². The topological polar surface area (TPSA) is 567 Å². The highest BCUT2D eigenvalue weighted by Gasteiger charge is 2.40. The van der Waals surface area contributed by atoms with Gasteiger partial charge in [0.05, 0.1) is 19.6 Å². The van der Waals surface area contributed by atoms with Gasteiger partial charge in [-0.15, -0.1) is 0 Å². The minimum absolute atomic E-state index is 0.00707. The lowest BCUT2D eigenvalue weighted by atomic mass is 10.0. The number of hydrogen-bond acceptors (Lipinski definition) is 21. The summed E-state index contributed by atoms with van der Waals surface area (Å²) in [6.45, 7) is -0.940. The molecule has 458 valence electrons. The molecule has 1 fully saturated rings. The van der Waals surface area contributed by atoms with Crippen molar-refractivity contribution in [1.82, 2.24) is 42.1 Å². The number of carbonyl (C=O) groups is 12. The molecule has 1 aliphatic rings. The molecule has 2 aromatic carbocycles. The smallest absolute Gasteiger partial charge is 0.446 e. The van der Waals surface area contributed by atoms with Crippen molar-refractivity contribution < 1.29 is 122 Å². The molecule has 0 radical (unpaired) electrons. The molecule has 3 rings (SSSR count). The van der Waals surface area contributed by atoms with Crippen LogP contribution in [0.15, 0.2) is 48.5 Å². The van der Waals surface area contributed by atoms with Gasteiger partial charge < -0.3 is 86.9 Å². The summed E-state index contributed by atoms with van der Waals surface area (Å²) in [5.41, 5.74) is 5.58. The Labute approximate surface area is 470 Å². The lowest BCUT2D eigenvalue weighted by Crippen LogP contribution is -2.61. The van der Waals surface area contributed by atoms with Gasteiger partial charge in [0, 0.05) is 32.2 Å². The molecule has 37 heteroatoms. The number of nitrogens with one attached hydrogen (secondary N) is 7. The Morgan fingerprint density at radius 1 is 0.554 bits per heavy atom. The monoisotopic (exact) mass is 1220 g/mol. The number of hydrogen-bond donors (Lipinski definition) is 16. The Hall–Kier alpha value is -8.62. The molecule has 0 aliphatic carbocycles. The fraction of sp³-hybridized carbons (Fsp3) is 0.478. The van der Waals surface area contributed by atoms with Crippen molar-refractivity contribution in [3.8, 4) is 11.5 Å². The zero-order valence-electron chi connectivity index (χ0n) is 43.6. The SMILES string of the molecule is C[C@H](NC(=O)[C@@H](N)CO)C(=O)N[C@@H](CCC(=O)O)C(=O)N[C@@H](CC(=O)O)C(=O)N[C@@H](Cc1ccc(OS(=O)(=O)O)cc1)C(=O)N[C@@H](CCC(=O)O)C(=O)N[C@@H](Cc1ccc(OS(=O)(=O)O)cc1)C(=O)N1CCC[C@H]1C(=O)N[C@@H](CO)C(=O)O. The van der Waals surface area contributed by atoms with Crippen molar-refractivity contribution in [1.29, 1.82) is 0 Å². The quantitative estimate of drug-likeness (QED) is 0.0290. The van der Waals surface area contributed by atoms with Gasteiger partial charge in [0.2, 0.25) is 47.3 Å². The van der Waals surface area contributed by atoms with E-state index in [9.17, 15) is 105 Å². The summed E-state index contributed by atoms with van der Waals surface area (Å²) in [6.07, 6.45) is -5.62. The highest BCUT2D eigenvalue weighted by molar-refractivity contribution is 7.81. The summed E-state index contributed by atoms with van der Waals surface area (Å²) >= 11 is 0. The zero-order chi connectivity index (χ0) is 62.5. The number of amides is 8. The van der Waals surface area contributed by atoms with E-state index < -0.39 is 216 Å². The van der Waals surface area contributed by atoms with Gasteiger partial charge in [-0.3, -0.25) is 61.8 Å². The second kappa shape index (κ2) is 31.6. The largest absolute Gasteiger partial charge is 0.481 e. The van der Waals surface area contributed by atoms with Gasteiger partial charge in [-0.05, 0) is 68.0 Å². The molecule has 17 N–H and O–H groups in total. The third-order valence-electron chi connectivity index (χ3n) is 11.9. The van der Waals surface area contributed by atoms with Crippen LogP contribution in [0.25, 0.3) is 0 Å². The fourth-order valence-corrected chi connectivity index (χ4v) is 8.46. The number of aliphatic hydroxyl groups excluding tert-OH is 2. The molecule has 9 atom stereocenters. The van der Waals surface area contributed by atoms with Crippen LogP contribution in [0.1, 0.15) is 63.0 Å². The summed E-state index contributed by atoms with van der Waals surface area (Å²) in [5, 5.41) is 72.2. The molecule has 0 bridgehead atoms. The standard InChI is InChI=1S/C46H61N9O26S2/c1-22(48-39(65)27(47)20-56)38(64)49-28(12-14-35(58)59)40(66)52-31(19-37(62)63)43(69)51-30(17-23-4-8-25(9-5-23)80-82(74,75)76)42(68)50-29(13-15-36(60)61)41(67)53-32(18-24-6-10-26(11-7-24)81-83(77,78)79)45(71)55-16-2-3-34(55)44(70)54-33(21-57)46(72)73/h4-11,22,27-34,56-57H,2-3,12-21,47H2,1H3,(H,48,65)(H,49,64)(H,50,68)(H,51,69)(H,52,66)(H,53,67)(H,54,70)(H,58,59)(H,60,61)(H,62,63)(H,72,73)(H,74,75,76)(H,77,78,79)/t22-,27-,28-,29-,30-,31-,32-,33-,34-/m0/s1. The molecule has 83 heavy (non-hydrogen) atoms. The van der Waals surface area contributed by atoms with E-state index in [1.165, 1.54) is 12.1 Å². The Bertz CT molecular complexity index is 2950. The first-order chi connectivity index (χ1) is 38.7. The van der Waals surface area contributed by atoms with E-state index in [1.807, 2.05) is 5.32 Å². The highest BCUT2D eigenvalue weighted by Crippen LogP contribution is 2.22. The maximum Gasteiger partial charge on any atom is 0.446 e. The van der Waals surface area contributed by atoms with Crippen molar-refractivity contribution in [2.75, 3.05) is 19.8 Å². The minimum atomic E-state index is -5.07. The van der Waals surface area contributed by atoms with Gasteiger partial charge in [-0.25, -0.2) is 4.79 Å². The lowest BCUT2D eigenvalue weighted by molar-refractivity contribution is -0.146. The molecule has 0 unspecified atom stereocenters. The van der Waals surface area contributed by atoms with Crippen LogP contribution in [0.2, 0.25) is 0 Å². The number of carbonyl (C=O) groups excluding carboxylic acids is 8. The van der Waals surface area contributed by atoms with Crippen LogP contribution in [0.5, 0.6) is 11.5 Å². The number of aliphatic carboxylic acids is 4.